The maximum atomic E-state index is 10.4. The van der Waals surface area contributed by atoms with Crippen LogP contribution in [0.5, 0.6) is 0 Å². The molecule has 1 N–H and O–H groups in total. The fraction of sp³-hybridized carbons (Fsp3) is 0.982. The molecule has 0 unspecified atom stereocenters. The van der Waals surface area contributed by atoms with Gasteiger partial charge in [0, 0.05) is 42.5 Å². The SMILES string of the molecule is [N-]=[N+]=NCCOCCOCCOCCOCCOCCOCCOCCOCCN(CCOCCOCCOCCOCCOCCOCCOCCOCCN=[N+]=[N-])CCOCCOCCOCCOCCOCCOCCOCCOCCC(=O)O. The van der Waals surface area contributed by atoms with Crippen LogP contribution < -0.4 is 0 Å². The summed E-state index contributed by atoms with van der Waals surface area (Å²) in [5.41, 5.74) is 16.4. The molecule has 0 saturated heterocycles. The number of carboxylic acid groups (broad SMARTS) is 1. The molecule has 33 heteroatoms. The highest BCUT2D eigenvalue weighted by Gasteiger charge is 2.07. The van der Waals surface area contributed by atoms with Crippen molar-refractivity contribution in [1.82, 2.24) is 4.90 Å². The van der Waals surface area contributed by atoms with Crippen LogP contribution in [-0.4, -0.2) is 366 Å². The van der Waals surface area contributed by atoms with Gasteiger partial charge in [-0.1, -0.05) is 10.2 Å². The summed E-state index contributed by atoms with van der Waals surface area (Å²) in [5, 5.41) is 15.3. The smallest absolute Gasteiger partial charge is 0.305 e. The van der Waals surface area contributed by atoms with Crippen molar-refractivity contribution in [3.63, 3.8) is 0 Å². The Balaban J connectivity index is 4.02. The van der Waals surface area contributed by atoms with E-state index < -0.39 is 5.97 Å². The van der Waals surface area contributed by atoms with E-state index in [-0.39, 0.29) is 13.0 Å². The molecule has 0 aromatic carbocycles. The van der Waals surface area contributed by atoms with Gasteiger partial charge >= 0.3 is 5.97 Å². The Hall–Kier alpha value is -2.91. The molecule has 0 amide bonds. The fourth-order valence-corrected chi connectivity index (χ4v) is 6.30. The molecule has 0 spiro atoms. The summed E-state index contributed by atoms with van der Waals surface area (Å²) >= 11 is 0. The fourth-order valence-electron chi connectivity index (χ4n) is 6.30. The van der Waals surface area contributed by atoms with Gasteiger partial charge in [0.25, 0.3) is 0 Å². The summed E-state index contributed by atoms with van der Waals surface area (Å²) < 4.78 is 133. The minimum atomic E-state index is -0.886. The normalized spacial score (nSPS) is 11.5. The molecular weight excluding hydrogens is 1170 g/mol. The number of azide groups is 2. The molecular formula is C55H109N7O26. The van der Waals surface area contributed by atoms with Crippen LogP contribution in [0.3, 0.4) is 0 Å². The molecule has 0 aliphatic rings. The molecule has 0 heterocycles. The van der Waals surface area contributed by atoms with E-state index in [4.69, 9.17) is 130 Å². The lowest BCUT2D eigenvalue weighted by atomic mass is 10.4. The average molecular weight is 1280 g/mol. The van der Waals surface area contributed by atoms with Crippen molar-refractivity contribution in [3.05, 3.63) is 20.9 Å². The summed E-state index contributed by atoms with van der Waals surface area (Å²) in [7, 11) is 0. The maximum Gasteiger partial charge on any atom is 0.305 e. The molecule has 88 heavy (non-hydrogen) atoms. The quantitative estimate of drug-likeness (QED) is 0.0392. The van der Waals surface area contributed by atoms with E-state index >= 15 is 0 Å². The van der Waals surface area contributed by atoms with Crippen molar-refractivity contribution in [3.8, 4) is 0 Å². The number of carbonyl (C=O) groups is 1. The van der Waals surface area contributed by atoms with Gasteiger partial charge in [-0.05, 0) is 11.1 Å². The van der Waals surface area contributed by atoms with Gasteiger partial charge in [-0.25, -0.2) is 0 Å². The lowest BCUT2D eigenvalue weighted by molar-refractivity contribution is -0.138. The van der Waals surface area contributed by atoms with Crippen LogP contribution in [0.4, 0.5) is 0 Å². The molecule has 0 radical (unpaired) electrons. The van der Waals surface area contributed by atoms with Gasteiger partial charge in [-0.2, -0.15) is 0 Å². The highest BCUT2D eigenvalue weighted by Crippen LogP contribution is 1.95. The van der Waals surface area contributed by atoms with E-state index in [0.29, 0.717) is 343 Å². The summed E-state index contributed by atoms with van der Waals surface area (Å²) in [6.45, 7) is 24.1. The molecule has 0 aromatic rings. The molecule has 0 fully saturated rings. The van der Waals surface area contributed by atoms with Crippen LogP contribution in [-0.2, 0) is 118 Å². The molecule has 0 aromatic heterocycles. The van der Waals surface area contributed by atoms with E-state index in [9.17, 15) is 4.79 Å². The first-order valence-electron chi connectivity index (χ1n) is 30.5. The van der Waals surface area contributed by atoms with E-state index in [1.165, 1.54) is 0 Å². The molecule has 0 saturated carbocycles. The van der Waals surface area contributed by atoms with E-state index in [0.717, 1.165) is 0 Å². The first-order chi connectivity index (χ1) is 43.7. The number of carboxylic acids is 1. The zero-order valence-electron chi connectivity index (χ0n) is 52.5. The van der Waals surface area contributed by atoms with Crippen molar-refractivity contribution in [2.24, 2.45) is 10.2 Å². The molecule has 0 aliphatic heterocycles. The van der Waals surface area contributed by atoms with Crippen molar-refractivity contribution < 1.29 is 124 Å². The third kappa shape index (κ3) is 79.2. The van der Waals surface area contributed by atoms with E-state index in [1.807, 2.05) is 0 Å². The third-order valence-corrected chi connectivity index (χ3v) is 10.7. The maximum absolute atomic E-state index is 10.4. The second-order valence-electron chi connectivity index (χ2n) is 17.6. The Morgan fingerprint density at radius 3 is 0.523 bits per heavy atom. The van der Waals surface area contributed by atoms with Crippen LogP contribution in [0.15, 0.2) is 10.2 Å². The summed E-state index contributed by atoms with van der Waals surface area (Å²) in [4.78, 5) is 18.0. The molecule has 0 rings (SSSR count). The summed E-state index contributed by atoms with van der Waals surface area (Å²) in [6.07, 6.45) is -0.0191. The number of ether oxygens (including phenoxy) is 24. The van der Waals surface area contributed by atoms with Gasteiger partial charge in [0.1, 0.15) is 0 Å². The number of aliphatic carboxylic acids is 1. The van der Waals surface area contributed by atoms with Crippen LogP contribution in [0, 0.1) is 0 Å². The third-order valence-electron chi connectivity index (χ3n) is 10.7. The topological polar surface area (TPSA) is 360 Å². The van der Waals surface area contributed by atoms with Crippen molar-refractivity contribution in [1.29, 1.82) is 0 Å². The van der Waals surface area contributed by atoms with Gasteiger partial charge in [-0.15, -0.1) is 0 Å². The Kier molecular flexibility index (Phi) is 77.5. The monoisotopic (exact) mass is 1280 g/mol. The Morgan fingerprint density at radius 1 is 0.239 bits per heavy atom. The second kappa shape index (κ2) is 80.2. The Bertz CT molecular complexity index is 1320. The summed E-state index contributed by atoms with van der Waals surface area (Å²) in [6, 6.07) is 0. The average Bonchev–Trinajstić information content (AvgIpc) is 3.53. The highest BCUT2D eigenvalue weighted by atomic mass is 16.6. The van der Waals surface area contributed by atoms with E-state index in [1.54, 1.807) is 0 Å². The Labute approximate surface area is 520 Å². The Morgan fingerprint density at radius 2 is 0.375 bits per heavy atom. The van der Waals surface area contributed by atoms with Gasteiger partial charge in [-0.3, -0.25) is 9.69 Å². The number of rotatable bonds is 81. The van der Waals surface area contributed by atoms with Crippen LogP contribution in [0.1, 0.15) is 6.42 Å². The first kappa shape index (κ1) is 85.1. The van der Waals surface area contributed by atoms with Crippen LogP contribution >= 0.6 is 0 Å². The zero-order chi connectivity index (χ0) is 63.1. The van der Waals surface area contributed by atoms with E-state index in [2.05, 4.69) is 25.0 Å². The molecule has 0 bridgehead atoms. The lowest BCUT2D eigenvalue weighted by Crippen LogP contribution is -2.34. The predicted octanol–water partition coefficient (Wildman–Crippen LogP) is 1.78. The van der Waals surface area contributed by atoms with Gasteiger partial charge in [0.05, 0.1) is 324 Å². The van der Waals surface area contributed by atoms with Crippen LogP contribution in [0.2, 0.25) is 0 Å². The predicted molar refractivity (Wildman–Crippen MR) is 316 cm³/mol. The first-order valence-corrected chi connectivity index (χ1v) is 30.5. The van der Waals surface area contributed by atoms with Crippen molar-refractivity contribution >= 4 is 5.97 Å². The standard InChI is InChI=1S/C55H109N7O26/c56-60-58-2-8-66-14-20-72-26-32-78-38-44-84-50-53-87-47-41-81-35-29-75-23-17-69-11-5-62(4-10-68-16-22-74-28-34-80-40-46-86-52-49-83-43-37-77-31-25-71-19-13-65-7-1-55(63)64)6-12-70-18-24-76-30-36-82-42-48-88-54-51-85-45-39-79-33-27-73-21-15-67-9-3-59-61-57/h1-54H2,(H,63,64). The van der Waals surface area contributed by atoms with Crippen molar-refractivity contribution in [2.75, 3.05) is 350 Å². The molecule has 33 nitrogen and oxygen atoms in total. The largest absolute Gasteiger partial charge is 0.481 e. The minimum absolute atomic E-state index is 0.0191. The number of hydrogen-bond acceptors (Lipinski definition) is 28. The highest BCUT2D eigenvalue weighted by molar-refractivity contribution is 5.66. The van der Waals surface area contributed by atoms with Crippen molar-refractivity contribution in [2.45, 2.75) is 6.42 Å². The molecule has 520 valence electrons. The number of nitrogens with zero attached hydrogens (tertiary/aromatic N) is 7. The van der Waals surface area contributed by atoms with Crippen LogP contribution in [0.25, 0.3) is 20.9 Å². The minimum Gasteiger partial charge on any atom is -0.481 e. The molecule has 0 atom stereocenters. The summed E-state index contributed by atoms with van der Waals surface area (Å²) in [5.74, 6) is -0.886. The number of hydrogen-bond donors (Lipinski definition) is 1. The van der Waals surface area contributed by atoms with Gasteiger partial charge in [0.2, 0.25) is 0 Å². The molecule has 0 aliphatic carbocycles. The van der Waals surface area contributed by atoms with Gasteiger partial charge in [0.15, 0.2) is 0 Å². The lowest BCUT2D eigenvalue weighted by Gasteiger charge is -2.22. The second-order valence-corrected chi connectivity index (χ2v) is 17.6. The van der Waals surface area contributed by atoms with Gasteiger partial charge < -0.3 is 119 Å². The zero-order valence-corrected chi connectivity index (χ0v) is 52.5.